The summed E-state index contributed by atoms with van der Waals surface area (Å²) in [5.74, 6) is 0. The van der Waals surface area contributed by atoms with Crippen molar-refractivity contribution in [3.8, 4) is 34.4 Å². The highest BCUT2D eigenvalue weighted by Gasteiger charge is 2.08. The van der Waals surface area contributed by atoms with Gasteiger partial charge in [0.2, 0.25) is 0 Å². The van der Waals surface area contributed by atoms with Crippen molar-refractivity contribution in [2.24, 2.45) is 0 Å². The average Bonchev–Trinajstić information content (AvgIpc) is 2.86. The van der Waals surface area contributed by atoms with Gasteiger partial charge in [-0.2, -0.15) is 10.5 Å². The van der Waals surface area contributed by atoms with Crippen molar-refractivity contribution in [1.29, 1.82) is 10.5 Å². The van der Waals surface area contributed by atoms with Crippen LogP contribution in [0.1, 0.15) is 11.1 Å². The van der Waals surface area contributed by atoms with E-state index in [-0.39, 0.29) is 0 Å². The normalized spacial score (nSPS) is 10.4. The first-order valence-electron chi connectivity index (χ1n) is 10.4. The molecule has 2 heteroatoms. The summed E-state index contributed by atoms with van der Waals surface area (Å²) in [5, 5.41) is 23.1. The van der Waals surface area contributed by atoms with E-state index in [1.807, 2.05) is 84.9 Å². The van der Waals surface area contributed by atoms with Crippen LogP contribution in [0.2, 0.25) is 0 Å². The second kappa shape index (κ2) is 8.23. The van der Waals surface area contributed by atoms with Crippen LogP contribution < -0.4 is 0 Å². The van der Waals surface area contributed by atoms with Crippen molar-refractivity contribution in [2.45, 2.75) is 0 Å². The van der Waals surface area contributed by atoms with E-state index in [1.165, 1.54) is 0 Å². The summed E-state index contributed by atoms with van der Waals surface area (Å²) in [6.45, 7) is 0. The quantitative estimate of drug-likeness (QED) is 0.302. The minimum absolute atomic E-state index is 0.629. The van der Waals surface area contributed by atoms with Crippen molar-refractivity contribution < 1.29 is 0 Å². The molecule has 5 rings (SSSR count). The molecule has 2 nitrogen and oxygen atoms in total. The molecule has 0 saturated heterocycles. The zero-order valence-corrected chi connectivity index (χ0v) is 17.3. The van der Waals surface area contributed by atoms with Crippen LogP contribution in [0.3, 0.4) is 0 Å². The summed E-state index contributed by atoms with van der Waals surface area (Å²) in [6, 6.07) is 41.0. The highest BCUT2D eigenvalue weighted by molar-refractivity contribution is 5.91. The van der Waals surface area contributed by atoms with E-state index in [9.17, 15) is 10.5 Å². The molecule has 5 aromatic carbocycles. The molecule has 32 heavy (non-hydrogen) atoms. The van der Waals surface area contributed by atoms with Gasteiger partial charge in [-0.1, -0.05) is 84.9 Å². The molecule has 0 aromatic heterocycles. The molecule has 0 saturated carbocycles. The second-order valence-corrected chi connectivity index (χ2v) is 7.68. The summed E-state index contributed by atoms with van der Waals surface area (Å²) >= 11 is 0. The largest absolute Gasteiger partial charge is 0.192 e. The molecular formula is C30H18N2. The second-order valence-electron chi connectivity index (χ2n) is 7.68. The first-order chi connectivity index (χ1) is 15.8. The van der Waals surface area contributed by atoms with E-state index in [0.29, 0.717) is 11.1 Å². The van der Waals surface area contributed by atoms with Gasteiger partial charge in [0.25, 0.3) is 0 Å². The summed E-state index contributed by atoms with van der Waals surface area (Å²) < 4.78 is 0. The van der Waals surface area contributed by atoms with E-state index < -0.39 is 0 Å². The average molecular weight is 406 g/mol. The highest BCUT2D eigenvalue weighted by atomic mass is 14.3. The van der Waals surface area contributed by atoms with Gasteiger partial charge in [-0.15, -0.1) is 0 Å². The minimum Gasteiger partial charge on any atom is -0.192 e. The van der Waals surface area contributed by atoms with Gasteiger partial charge in [-0.05, 0) is 68.1 Å². The Morgan fingerprint density at radius 2 is 0.688 bits per heavy atom. The summed E-state index contributed by atoms with van der Waals surface area (Å²) in [4.78, 5) is 0. The molecule has 0 fully saturated rings. The van der Waals surface area contributed by atoms with Gasteiger partial charge in [0, 0.05) is 0 Å². The monoisotopic (exact) mass is 406 g/mol. The Balaban J connectivity index is 1.87. The molecule has 148 valence electrons. The van der Waals surface area contributed by atoms with E-state index in [1.54, 1.807) is 0 Å². The van der Waals surface area contributed by atoms with Crippen LogP contribution in [-0.2, 0) is 0 Å². The lowest BCUT2D eigenvalue weighted by molar-refractivity contribution is 1.50. The Morgan fingerprint density at radius 3 is 0.969 bits per heavy atom. The van der Waals surface area contributed by atoms with Crippen molar-refractivity contribution in [3.63, 3.8) is 0 Å². The van der Waals surface area contributed by atoms with E-state index >= 15 is 0 Å². The maximum Gasteiger partial charge on any atom is 0.100 e. The molecule has 0 aliphatic rings. The Labute approximate surface area is 186 Å². The molecule has 0 unspecified atom stereocenters. The summed E-state index contributed by atoms with van der Waals surface area (Å²) in [6.07, 6.45) is 0. The van der Waals surface area contributed by atoms with Gasteiger partial charge in [-0.25, -0.2) is 0 Å². The van der Waals surface area contributed by atoms with E-state index in [0.717, 1.165) is 43.8 Å². The predicted octanol–water partition coefficient (Wildman–Crippen LogP) is 7.63. The van der Waals surface area contributed by atoms with Gasteiger partial charge in [0.1, 0.15) is 12.1 Å². The van der Waals surface area contributed by atoms with Gasteiger partial charge in [0.05, 0.1) is 11.1 Å². The number of hydrogen-bond acceptors (Lipinski definition) is 2. The number of rotatable bonds is 2. The Hall–Kier alpha value is -4.66. The van der Waals surface area contributed by atoms with Crippen LogP contribution >= 0.6 is 0 Å². The molecule has 0 atom stereocenters. The molecular weight excluding hydrogens is 388 g/mol. The molecule has 0 N–H and O–H groups in total. The third kappa shape index (κ3) is 3.52. The summed E-state index contributed by atoms with van der Waals surface area (Å²) in [5.41, 5.74) is 5.56. The van der Waals surface area contributed by atoms with Crippen LogP contribution in [0.5, 0.6) is 0 Å². The van der Waals surface area contributed by atoms with Crippen LogP contribution in [0.25, 0.3) is 43.8 Å². The number of nitriles is 2. The van der Waals surface area contributed by atoms with Crippen LogP contribution in [0, 0.1) is 22.7 Å². The topological polar surface area (TPSA) is 47.6 Å². The number of hydrogen-bond donors (Lipinski definition) is 0. The standard InChI is InChI=1S/C30H18N2/c31-19-29-23-11-13-25-17-28(22-9-5-2-6-10-22)18-26(30(25)20-32)14-12-24(29)16-27(15-23)21-7-3-1-4-8-21/h1-18H. The molecule has 5 aromatic rings. The first-order valence-corrected chi connectivity index (χ1v) is 10.4. The molecule has 0 aliphatic heterocycles. The van der Waals surface area contributed by atoms with Gasteiger partial charge in [0.15, 0.2) is 0 Å². The molecule has 4 bridgehead atoms. The summed E-state index contributed by atoms with van der Waals surface area (Å²) in [7, 11) is 0. The van der Waals surface area contributed by atoms with Gasteiger partial charge >= 0.3 is 0 Å². The predicted molar refractivity (Wildman–Crippen MR) is 131 cm³/mol. The van der Waals surface area contributed by atoms with Gasteiger partial charge < -0.3 is 0 Å². The first kappa shape index (κ1) is 19.3. The lowest BCUT2D eigenvalue weighted by Gasteiger charge is -2.08. The lowest BCUT2D eigenvalue weighted by Crippen LogP contribution is -1.86. The third-order valence-electron chi connectivity index (χ3n) is 5.72. The highest BCUT2D eigenvalue weighted by Crippen LogP contribution is 2.30. The molecule has 0 heterocycles. The van der Waals surface area contributed by atoms with Crippen molar-refractivity contribution in [2.75, 3.05) is 0 Å². The number of benzene rings is 4. The van der Waals surface area contributed by atoms with E-state index in [4.69, 9.17) is 0 Å². The minimum atomic E-state index is 0.629. The van der Waals surface area contributed by atoms with Crippen LogP contribution in [-0.4, -0.2) is 0 Å². The van der Waals surface area contributed by atoms with Crippen LogP contribution in [0.15, 0.2) is 109 Å². The smallest absolute Gasteiger partial charge is 0.100 e. The lowest BCUT2D eigenvalue weighted by atomic mass is 9.95. The fourth-order valence-electron chi connectivity index (χ4n) is 4.11. The van der Waals surface area contributed by atoms with Crippen molar-refractivity contribution in [1.82, 2.24) is 0 Å². The maximum absolute atomic E-state index is 9.89. The fourth-order valence-corrected chi connectivity index (χ4v) is 4.11. The zero-order chi connectivity index (χ0) is 21.9. The maximum atomic E-state index is 9.89. The van der Waals surface area contributed by atoms with Crippen molar-refractivity contribution >= 4 is 21.5 Å². The Morgan fingerprint density at radius 1 is 0.375 bits per heavy atom. The fraction of sp³-hybridized carbons (Fsp3) is 0. The van der Waals surface area contributed by atoms with Crippen LogP contribution in [0.4, 0.5) is 0 Å². The Bertz CT molecular complexity index is 1380. The molecule has 0 spiro atoms. The molecule has 0 amide bonds. The molecule has 0 radical (unpaired) electrons. The third-order valence-corrected chi connectivity index (χ3v) is 5.72. The number of nitrogens with zero attached hydrogens (tertiary/aromatic N) is 2. The van der Waals surface area contributed by atoms with Crippen molar-refractivity contribution in [3.05, 3.63) is 120 Å². The zero-order valence-electron chi connectivity index (χ0n) is 17.3. The van der Waals surface area contributed by atoms with Gasteiger partial charge in [-0.3, -0.25) is 0 Å². The Kier molecular flexibility index (Phi) is 4.97. The molecule has 0 aliphatic carbocycles. The number of fused-ring (bicyclic) bond motifs is 4. The van der Waals surface area contributed by atoms with E-state index in [2.05, 4.69) is 36.4 Å². The SMILES string of the molecule is N#Cc1c2ccc3cc(-c4ccccc4)cc(ccc1cc(-c1ccccc1)c2)c3C#N.